The first-order valence-electron chi connectivity index (χ1n) is 4.17. The van der Waals surface area contributed by atoms with Crippen LogP contribution in [0.1, 0.15) is 6.42 Å². The second kappa shape index (κ2) is 5.12. The van der Waals surface area contributed by atoms with E-state index in [1.165, 1.54) is 0 Å². The Hall–Kier alpha value is 0.135. The molecule has 13 heavy (non-hydrogen) atoms. The lowest BCUT2D eigenvalue weighted by molar-refractivity contribution is 0.0184. The van der Waals surface area contributed by atoms with Gasteiger partial charge in [-0.25, -0.2) is 0 Å². The summed E-state index contributed by atoms with van der Waals surface area (Å²) in [6, 6.07) is -0.138. The highest BCUT2D eigenvalue weighted by Gasteiger charge is 2.33. The molecule has 76 valence electrons. The summed E-state index contributed by atoms with van der Waals surface area (Å²) in [5.41, 5.74) is 0. The summed E-state index contributed by atoms with van der Waals surface area (Å²) < 4.78 is 25.6. The van der Waals surface area contributed by atoms with Gasteiger partial charge in [-0.2, -0.15) is 0 Å². The topological polar surface area (TPSA) is 65.0 Å². The zero-order chi connectivity index (χ0) is 9.84. The fourth-order valence-electron chi connectivity index (χ4n) is 1.46. The predicted octanol–water partition coefficient (Wildman–Crippen LogP) is -0.852. The highest BCUT2D eigenvalue weighted by Crippen LogP contribution is 2.29. The van der Waals surface area contributed by atoms with Crippen molar-refractivity contribution in [2.45, 2.75) is 24.6 Å². The standard InChI is InChI=1S/C6H14BO5P/c1-10-3-4-2-5(6(7)11-4)12-13(8)9/h4-6,13H,2-3,7H2,1H3,(H,8,9). The Kier molecular flexibility index (Phi) is 4.42. The van der Waals surface area contributed by atoms with Gasteiger partial charge < -0.3 is 18.9 Å². The van der Waals surface area contributed by atoms with E-state index in [0.29, 0.717) is 13.0 Å². The van der Waals surface area contributed by atoms with Gasteiger partial charge in [0.2, 0.25) is 0 Å². The van der Waals surface area contributed by atoms with Gasteiger partial charge in [0.25, 0.3) is 0 Å². The van der Waals surface area contributed by atoms with E-state index in [9.17, 15) is 4.57 Å². The fraction of sp³-hybridized carbons (Fsp3) is 1.00. The summed E-state index contributed by atoms with van der Waals surface area (Å²) in [5.74, 6) is 0. The van der Waals surface area contributed by atoms with E-state index in [-0.39, 0.29) is 18.2 Å². The van der Waals surface area contributed by atoms with Gasteiger partial charge >= 0.3 is 8.25 Å². The molecule has 5 nitrogen and oxygen atoms in total. The Morgan fingerprint density at radius 1 is 1.77 bits per heavy atom. The molecule has 0 spiro atoms. The van der Waals surface area contributed by atoms with Crippen molar-refractivity contribution < 1.29 is 23.5 Å². The predicted molar refractivity (Wildman–Crippen MR) is 49.8 cm³/mol. The molecule has 0 aromatic carbocycles. The Morgan fingerprint density at radius 2 is 2.46 bits per heavy atom. The maximum atomic E-state index is 10.4. The van der Waals surface area contributed by atoms with Crippen LogP contribution in [0.3, 0.4) is 0 Å². The van der Waals surface area contributed by atoms with Gasteiger partial charge in [-0.3, -0.25) is 4.57 Å². The molecule has 1 heterocycles. The van der Waals surface area contributed by atoms with Gasteiger partial charge in [0.15, 0.2) is 0 Å². The number of ether oxygens (including phenoxy) is 2. The van der Waals surface area contributed by atoms with Crippen molar-refractivity contribution in [2.75, 3.05) is 13.7 Å². The van der Waals surface area contributed by atoms with Crippen molar-refractivity contribution in [3.05, 3.63) is 0 Å². The second-order valence-corrected chi connectivity index (χ2v) is 3.84. The van der Waals surface area contributed by atoms with Crippen molar-refractivity contribution in [3.63, 3.8) is 0 Å². The van der Waals surface area contributed by atoms with Crippen molar-refractivity contribution in [1.82, 2.24) is 0 Å². The summed E-state index contributed by atoms with van der Waals surface area (Å²) in [4.78, 5) is 8.58. The first-order valence-corrected chi connectivity index (χ1v) is 5.44. The highest BCUT2D eigenvalue weighted by molar-refractivity contribution is 7.32. The molecule has 0 aromatic heterocycles. The molecule has 1 rings (SSSR count). The first-order chi connectivity index (χ1) is 6.13. The number of hydrogen-bond donors (Lipinski definition) is 1. The van der Waals surface area contributed by atoms with Gasteiger partial charge in [-0.15, -0.1) is 0 Å². The third-order valence-corrected chi connectivity index (χ3v) is 2.54. The van der Waals surface area contributed by atoms with Gasteiger partial charge in [0.1, 0.15) is 7.85 Å². The molecule has 0 bridgehead atoms. The Balaban J connectivity index is 2.37. The quantitative estimate of drug-likeness (QED) is 0.481. The lowest BCUT2D eigenvalue weighted by Gasteiger charge is -2.11. The molecule has 1 saturated heterocycles. The SMILES string of the molecule is BC1OC(COC)CC1O[PH](=O)O. The average Bonchev–Trinajstić information content (AvgIpc) is 2.31. The van der Waals surface area contributed by atoms with Gasteiger partial charge in [0.05, 0.1) is 24.8 Å². The molecule has 1 fully saturated rings. The maximum Gasteiger partial charge on any atom is 0.316 e. The minimum absolute atomic E-state index is 0.0219. The van der Waals surface area contributed by atoms with Crippen molar-refractivity contribution in [1.29, 1.82) is 0 Å². The van der Waals surface area contributed by atoms with Crippen LogP contribution in [0.25, 0.3) is 0 Å². The largest absolute Gasteiger partial charge is 0.382 e. The summed E-state index contributed by atoms with van der Waals surface area (Å²) in [6.07, 6.45) is 0.314. The van der Waals surface area contributed by atoms with Gasteiger partial charge in [-0.1, -0.05) is 0 Å². The molecular formula is C6H14BO5P. The summed E-state index contributed by atoms with van der Waals surface area (Å²) in [6.45, 7) is 0.497. The van der Waals surface area contributed by atoms with Gasteiger partial charge in [0, 0.05) is 13.5 Å². The Bertz CT molecular complexity index is 190. The third-order valence-electron chi connectivity index (χ3n) is 2.03. The summed E-state index contributed by atoms with van der Waals surface area (Å²) >= 11 is 0. The molecule has 1 N–H and O–H groups in total. The smallest absolute Gasteiger partial charge is 0.316 e. The lowest BCUT2D eigenvalue weighted by atomic mass is 9.95. The van der Waals surface area contributed by atoms with Crippen LogP contribution < -0.4 is 0 Å². The van der Waals surface area contributed by atoms with E-state index >= 15 is 0 Å². The maximum absolute atomic E-state index is 10.4. The lowest BCUT2D eigenvalue weighted by Crippen LogP contribution is -2.22. The molecule has 1 aliphatic heterocycles. The second-order valence-electron chi connectivity index (χ2n) is 3.08. The number of rotatable bonds is 4. The van der Waals surface area contributed by atoms with Crippen LogP contribution in [0, 0.1) is 0 Å². The summed E-state index contributed by atoms with van der Waals surface area (Å²) in [7, 11) is 0.560. The molecule has 4 atom stereocenters. The zero-order valence-corrected chi connectivity index (χ0v) is 8.73. The molecule has 7 heteroatoms. The molecule has 4 unspecified atom stereocenters. The minimum Gasteiger partial charge on any atom is -0.382 e. The number of methoxy groups -OCH3 is 1. The molecular weight excluding hydrogens is 194 g/mol. The van der Waals surface area contributed by atoms with Crippen molar-refractivity contribution in [2.24, 2.45) is 0 Å². The fourth-order valence-corrected chi connectivity index (χ4v) is 2.01. The van der Waals surface area contributed by atoms with Crippen LogP contribution in [0.4, 0.5) is 0 Å². The van der Waals surface area contributed by atoms with Crippen LogP contribution in [0.5, 0.6) is 0 Å². The normalized spacial score (nSPS) is 36.3. The van der Waals surface area contributed by atoms with E-state index in [1.807, 2.05) is 7.85 Å². The van der Waals surface area contributed by atoms with Crippen molar-refractivity contribution >= 4 is 16.1 Å². The molecule has 0 radical (unpaired) electrons. The Labute approximate surface area is 78.7 Å². The number of hydrogen-bond acceptors (Lipinski definition) is 4. The molecule has 0 saturated carbocycles. The van der Waals surface area contributed by atoms with Crippen molar-refractivity contribution in [3.8, 4) is 0 Å². The monoisotopic (exact) mass is 208 g/mol. The van der Waals surface area contributed by atoms with Crippen LogP contribution in [-0.4, -0.2) is 44.7 Å². The minimum atomic E-state index is -2.86. The van der Waals surface area contributed by atoms with E-state index in [0.717, 1.165) is 0 Å². The van der Waals surface area contributed by atoms with E-state index in [4.69, 9.17) is 18.9 Å². The van der Waals surface area contributed by atoms with E-state index < -0.39 is 8.25 Å². The third kappa shape index (κ3) is 3.40. The zero-order valence-electron chi connectivity index (χ0n) is 7.73. The average molecular weight is 208 g/mol. The van der Waals surface area contributed by atoms with Gasteiger partial charge in [-0.05, 0) is 0 Å². The van der Waals surface area contributed by atoms with Crippen LogP contribution >= 0.6 is 8.25 Å². The molecule has 1 aliphatic rings. The summed E-state index contributed by atoms with van der Waals surface area (Å²) in [5, 5.41) is 0. The molecule has 0 amide bonds. The highest BCUT2D eigenvalue weighted by atomic mass is 31.1. The van der Waals surface area contributed by atoms with Crippen LogP contribution in [-0.2, 0) is 18.6 Å². The molecule has 0 aliphatic carbocycles. The molecule has 0 aromatic rings. The first kappa shape index (κ1) is 11.2. The Morgan fingerprint density at radius 3 is 3.00 bits per heavy atom. The van der Waals surface area contributed by atoms with E-state index in [1.54, 1.807) is 7.11 Å². The van der Waals surface area contributed by atoms with E-state index in [2.05, 4.69) is 0 Å². The van der Waals surface area contributed by atoms with Crippen LogP contribution in [0.15, 0.2) is 0 Å². The van der Waals surface area contributed by atoms with Crippen LogP contribution in [0.2, 0.25) is 0 Å².